The molecule has 4 rings (SSSR count). The van der Waals surface area contributed by atoms with Gasteiger partial charge in [0.05, 0.1) is 19.0 Å². The van der Waals surface area contributed by atoms with Crippen LogP contribution in [0.25, 0.3) is 5.69 Å². The van der Waals surface area contributed by atoms with Crippen molar-refractivity contribution in [3.05, 3.63) is 101 Å². The molecule has 0 fully saturated rings. The number of nitrogens with zero attached hydrogens (tertiary/aromatic N) is 3. The molecule has 0 saturated heterocycles. The molecule has 1 N–H and O–H groups in total. The van der Waals surface area contributed by atoms with E-state index in [-0.39, 0.29) is 5.91 Å². The summed E-state index contributed by atoms with van der Waals surface area (Å²) in [6.45, 7) is 5.24. The number of carbonyl (C=O) groups excluding carboxylic acids is 1. The molecule has 0 aliphatic heterocycles. The number of ether oxygens (including phenoxy) is 1. The molecule has 0 unspecified atom stereocenters. The van der Waals surface area contributed by atoms with Gasteiger partial charge >= 0.3 is 0 Å². The van der Waals surface area contributed by atoms with Gasteiger partial charge in [0.2, 0.25) is 0 Å². The fraction of sp³-hybridized carbons (Fsp3) is 0.200. The average Bonchev–Trinajstić information content (AvgIpc) is 3.40. The smallest absolute Gasteiger partial charge is 0.253 e. The molecule has 0 aliphatic rings. The minimum Gasteiger partial charge on any atom is -0.497 e. The summed E-state index contributed by atoms with van der Waals surface area (Å²) >= 11 is 0. The van der Waals surface area contributed by atoms with Crippen LogP contribution in [0.4, 0.5) is 0 Å². The maximum Gasteiger partial charge on any atom is 0.253 e. The van der Waals surface area contributed by atoms with Crippen LogP contribution in [-0.4, -0.2) is 27.1 Å². The summed E-state index contributed by atoms with van der Waals surface area (Å²) in [6, 6.07) is 18.0. The summed E-state index contributed by atoms with van der Waals surface area (Å²) < 4.78 is 9.34. The first-order valence-electron chi connectivity index (χ1n) is 10.2. The van der Waals surface area contributed by atoms with Crippen LogP contribution in [-0.2, 0) is 13.1 Å². The molecule has 0 aliphatic carbocycles. The third-order valence-electron chi connectivity index (χ3n) is 5.41. The van der Waals surface area contributed by atoms with Crippen molar-refractivity contribution in [3.63, 3.8) is 0 Å². The van der Waals surface area contributed by atoms with Gasteiger partial charge in [-0.3, -0.25) is 4.79 Å². The SMILES string of the molecule is COc1ccc(-n2c(C)cc(C(=O)NCc3ccc(Cn4ccnc4)cc3)c2C)cc1. The summed E-state index contributed by atoms with van der Waals surface area (Å²) in [5.41, 5.74) is 5.86. The Morgan fingerprint density at radius 2 is 1.74 bits per heavy atom. The molecule has 6 heteroatoms. The molecule has 31 heavy (non-hydrogen) atoms. The van der Waals surface area contributed by atoms with E-state index in [1.807, 2.05) is 67.1 Å². The molecule has 2 aromatic heterocycles. The molecule has 4 aromatic rings. The Hall–Kier alpha value is -3.80. The lowest BCUT2D eigenvalue weighted by Gasteiger charge is -2.11. The summed E-state index contributed by atoms with van der Waals surface area (Å²) in [5, 5.41) is 3.04. The van der Waals surface area contributed by atoms with Crippen LogP contribution in [0.3, 0.4) is 0 Å². The molecule has 6 nitrogen and oxygen atoms in total. The maximum atomic E-state index is 12.9. The van der Waals surface area contributed by atoms with E-state index in [0.29, 0.717) is 12.1 Å². The number of amides is 1. The highest BCUT2D eigenvalue weighted by molar-refractivity contribution is 5.95. The number of aromatic nitrogens is 3. The van der Waals surface area contributed by atoms with E-state index >= 15 is 0 Å². The first-order chi connectivity index (χ1) is 15.0. The van der Waals surface area contributed by atoms with E-state index < -0.39 is 0 Å². The number of methoxy groups -OCH3 is 1. The second kappa shape index (κ2) is 8.92. The van der Waals surface area contributed by atoms with Crippen molar-refractivity contribution in [1.82, 2.24) is 19.4 Å². The zero-order valence-electron chi connectivity index (χ0n) is 18.0. The molecule has 2 heterocycles. The van der Waals surface area contributed by atoms with Gasteiger partial charge in [0.15, 0.2) is 0 Å². The van der Waals surface area contributed by atoms with Crippen LogP contribution in [0.15, 0.2) is 73.3 Å². The molecule has 158 valence electrons. The lowest BCUT2D eigenvalue weighted by atomic mass is 10.1. The third kappa shape index (κ3) is 4.53. The lowest BCUT2D eigenvalue weighted by molar-refractivity contribution is 0.0950. The molecule has 2 aromatic carbocycles. The maximum absolute atomic E-state index is 12.9. The number of nitrogens with one attached hydrogen (secondary N) is 1. The highest BCUT2D eigenvalue weighted by Gasteiger charge is 2.16. The molecule has 0 radical (unpaired) electrons. The van der Waals surface area contributed by atoms with Gasteiger partial charge in [-0.1, -0.05) is 24.3 Å². The number of benzene rings is 2. The van der Waals surface area contributed by atoms with Gasteiger partial charge < -0.3 is 19.2 Å². The van der Waals surface area contributed by atoms with Crippen LogP contribution in [0.2, 0.25) is 0 Å². The normalized spacial score (nSPS) is 10.8. The second-order valence-electron chi connectivity index (χ2n) is 7.55. The standard InChI is InChI=1S/C25H26N4O2/c1-18-14-24(19(2)29(18)22-8-10-23(31-3)11-9-22)25(30)27-15-20-4-6-21(7-5-20)16-28-13-12-26-17-28/h4-14,17H,15-16H2,1-3H3,(H,27,30). The van der Waals surface area contributed by atoms with Crippen LogP contribution in [0, 0.1) is 13.8 Å². The Kier molecular flexibility index (Phi) is 5.89. The number of hydrogen-bond acceptors (Lipinski definition) is 3. The van der Waals surface area contributed by atoms with Gasteiger partial charge in [-0.25, -0.2) is 4.98 Å². The molecule has 0 saturated carbocycles. The van der Waals surface area contributed by atoms with E-state index in [1.54, 1.807) is 19.6 Å². The van der Waals surface area contributed by atoms with Crippen LogP contribution in [0.5, 0.6) is 5.75 Å². The average molecular weight is 415 g/mol. The zero-order chi connectivity index (χ0) is 21.8. The van der Waals surface area contributed by atoms with E-state index in [2.05, 4.69) is 27.0 Å². The minimum atomic E-state index is -0.0737. The van der Waals surface area contributed by atoms with E-state index in [4.69, 9.17) is 4.74 Å². The molecule has 0 atom stereocenters. The van der Waals surface area contributed by atoms with Crippen molar-refractivity contribution < 1.29 is 9.53 Å². The summed E-state index contributed by atoms with van der Waals surface area (Å²) in [5.74, 6) is 0.732. The molecular weight excluding hydrogens is 388 g/mol. The topological polar surface area (TPSA) is 61.1 Å². The van der Waals surface area contributed by atoms with Crippen molar-refractivity contribution in [2.45, 2.75) is 26.9 Å². The Morgan fingerprint density at radius 1 is 1.03 bits per heavy atom. The van der Waals surface area contributed by atoms with Gasteiger partial charge in [-0.05, 0) is 55.3 Å². The Balaban J connectivity index is 1.43. The minimum absolute atomic E-state index is 0.0737. The summed E-state index contributed by atoms with van der Waals surface area (Å²) in [6.07, 6.45) is 5.52. The van der Waals surface area contributed by atoms with Gasteiger partial charge in [-0.2, -0.15) is 0 Å². The van der Waals surface area contributed by atoms with Crippen LogP contribution < -0.4 is 10.1 Å². The predicted octanol–water partition coefficient (Wildman–Crippen LogP) is 4.28. The van der Waals surface area contributed by atoms with Gasteiger partial charge in [0.1, 0.15) is 5.75 Å². The number of aryl methyl sites for hydroxylation is 1. The van der Waals surface area contributed by atoms with Crippen molar-refractivity contribution in [2.75, 3.05) is 7.11 Å². The number of imidazole rings is 1. The highest BCUT2D eigenvalue weighted by atomic mass is 16.5. The lowest BCUT2D eigenvalue weighted by Crippen LogP contribution is -2.23. The fourth-order valence-electron chi connectivity index (χ4n) is 3.75. The predicted molar refractivity (Wildman–Crippen MR) is 121 cm³/mol. The number of carbonyl (C=O) groups is 1. The fourth-order valence-corrected chi connectivity index (χ4v) is 3.75. The monoisotopic (exact) mass is 414 g/mol. The van der Waals surface area contributed by atoms with Crippen molar-refractivity contribution in [1.29, 1.82) is 0 Å². The van der Waals surface area contributed by atoms with Gasteiger partial charge in [-0.15, -0.1) is 0 Å². The van der Waals surface area contributed by atoms with Gasteiger partial charge in [0.25, 0.3) is 5.91 Å². The third-order valence-corrected chi connectivity index (χ3v) is 5.41. The quantitative estimate of drug-likeness (QED) is 0.491. The van der Waals surface area contributed by atoms with Crippen molar-refractivity contribution >= 4 is 5.91 Å². The van der Waals surface area contributed by atoms with Crippen LogP contribution in [0.1, 0.15) is 32.9 Å². The van der Waals surface area contributed by atoms with E-state index in [0.717, 1.165) is 34.9 Å². The molecule has 1 amide bonds. The Labute approximate surface area is 182 Å². The largest absolute Gasteiger partial charge is 0.497 e. The Morgan fingerprint density at radius 3 is 2.39 bits per heavy atom. The Bertz CT molecular complexity index is 1160. The molecule has 0 spiro atoms. The summed E-state index contributed by atoms with van der Waals surface area (Å²) in [7, 11) is 1.65. The van der Waals surface area contributed by atoms with E-state index in [9.17, 15) is 4.79 Å². The van der Waals surface area contributed by atoms with Crippen molar-refractivity contribution in [3.8, 4) is 11.4 Å². The summed E-state index contributed by atoms with van der Waals surface area (Å²) in [4.78, 5) is 16.9. The zero-order valence-corrected chi connectivity index (χ0v) is 18.0. The number of rotatable bonds is 7. The molecular formula is C25H26N4O2. The van der Waals surface area contributed by atoms with Crippen molar-refractivity contribution in [2.24, 2.45) is 0 Å². The molecule has 0 bridgehead atoms. The van der Waals surface area contributed by atoms with E-state index in [1.165, 1.54) is 5.56 Å². The highest BCUT2D eigenvalue weighted by Crippen LogP contribution is 2.23. The first-order valence-corrected chi connectivity index (χ1v) is 10.2. The second-order valence-corrected chi connectivity index (χ2v) is 7.55. The van der Waals surface area contributed by atoms with Gasteiger partial charge in [0, 0.05) is 42.6 Å². The van der Waals surface area contributed by atoms with Crippen LogP contribution >= 0.6 is 0 Å². The number of hydrogen-bond donors (Lipinski definition) is 1. The first kappa shape index (κ1) is 20.5.